The van der Waals surface area contributed by atoms with Gasteiger partial charge in [-0.1, -0.05) is 65.3 Å². The van der Waals surface area contributed by atoms with Gasteiger partial charge in [-0.15, -0.1) is 0 Å². The van der Waals surface area contributed by atoms with Crippen molar-refractivity contribution in [2.24, 2.45) is 0 Å². The molecule has 0 radical (unpaired) electrons. The van der Waals surface area contributed by atoms with Gasteiger partial charge in [-0.3, -0.25) is 13.9 Å². The van der Waals surface area contributed by atoms with Crippen molar-refractivity contribution in [1.29, 1.82) is 0 Å². The van der Waals surface area contributed by atoms with Gasteiger partial charge in [-0.2, -0.15) is 0 Å². The van der Waals surface area contributed by atoms with Crippen molar-refractivity contribution in [2.75, 3.05) is 30.8 Å². The number of nitrogens with zero attached hydrogens (tertiary/aromatic N) is 2. The number of benzene rings is 3. The van der Waals surface area contributed by atoms with Crippen molar-refractivity contribution in [1.82, 2.24) is 10.2 Å². The van der Waals surface area contributed by atoms with Crippen LogP contribution in [0.15, 0.2) is 83.3 Å². The van der Waals surface area contributed by atoms with Crippen LogP contribution in [-0.2, 0) is 32.6 Å². The molecular formula is C31H38BrN3O5S. The lowest BCUT2D eigenvalue weighted by Gasteiger charge is -2.32. The molecule has 0 heterocycles. The molecule has 1 N–H and O–H groups in total. The highest BCUT2D eigenvalue weighted by Crippen LogP contribution is 2.23. The van der Waals surface area contributed by atoms with Crippen LogP contribution in [0, 0.1) is 0 Å². The molecule has 3 aromatic rings. The predicted octanol–water partition coefficient (Wildman–Crippen LogP) is 5.17. The summed E-state index contributed by atoms with van der Waals surface area (Å²) in [6.07, 6.45) is 2.63. The molecule has 3 rings (SSSR count). The van der Waals surface area contributed by atoms with Crippen LogP contribution in [0.5, 0.6) is 5.75 Å². The third-order valence-electron chi connectivity index (χ3n) is 6.57. The fourth-order valence-corrected chi connectivity index (χ4v) is 5.92. The van der Waals surface area contributed by atoms with Gasteiger partial charge in [-0.05, 0) is 60.4 Å². The number of anilines is 1. The van der Waals surface area contributed by atoms with Crippen LogP contribution in [0.3, 0.4) is 0 Å². The number of carbonyl (C=O) groups is 2. The highest BCUT2D eigenvalue weighted by molar-refractivity contribution is 9.10. The Balaban J connectivity index is 1.86. The van der Waals surface area contributed by atoms with E-state index in [1.807, 2.05) is 61.5 Å². The Labute approximate surface area is 251 Å². The normalized spacial score (nSPS) is 11.9. The Bertz CT molecular complexity index is 1380. The summed E-state index contributed by atoms with van der Waals surface area (Å²) in [6.45, 7) is 2.85. The Morgan fingerprint density at radius 2 is 1.66 bits per heavy atom. The summed E-state index contributed by atoms with van der Waals surface area (Å²) in [4.78, 5) is 28.9. The van der Waals surface area contributed by atoms with Crippen LogP contribution < -0.4 is 14.4 Å². The zero-order chi connectivity index (χ0) is 29.8. The van der Waals surface area contributed by atoms with Crippen molar-refractivity contribution in [2.45, 2.75) is 45.2 Å². The van der Waals surface area contributed by atoms with E-state index in [1.54, 1.807) is 36.3 Å². The zero-order valence-electron chi connectivity index (χ0n) is 23.8. The van der Waals surface area contributed by atoms with E-state index in [0.717, 1.165) is 28.3 Å². The molecule has 2 amide bonds. The Morgan fingerprint density at radius 1 is 0.976 bits per heavy atom. The highest BCUT2D eigenvalue weighted by atomic mass is 79.9. The summed E-state index contributed by atoms with van der Waals surface area (Å²) in [5.74, 6) is 0.183. The molecular weight excluding hydrogens is 606 g/mol. The number of ether oxygens (including phenoxy) is 1. The first-order valence-corrected chi connectivity index (χ1v) is 16.2. The SMILES string of the molecule is CCCNC(=O)[C@@H](Cc1ccccc1)N(Cc1cccc(Br)c1)C(=O)CCCN(c1ccc(OC)cc1)S(C)(=O)=O. The lowest BCUT2D eigenvalue weighted by atomic mass is 10.0. The van der Waals surface area contributed by atoms with E-state index in [4.69, 9.17) is 4.74 Å². The molecule has 0 aliphatic carbocycles. The average molecular weight is 645 g/mol. The number of sulfonamides is 1. The van der Waals surface area contributed by atoms with Crippen molar-refractivity contribution in [3.8, 4) is 5.75 Å². The maximum Gasteiger partial charge on any atom is 0.243 e. The summed E-state index contributed by atoms with van der Waals surface area (Å²) in [5.41, 5.74) is 2.32. The largest absolute Gasteiger partial charge is 0.497 e. The number of halogens is 1. The van der Waals surface area contributed by atoms with E-state index >= 15 is 0 Å². The molecule has 0 unspecified atom stereocenters. The number of nitrogens with one attached hydrogen (secondary N) is 1. The Morgan fingerprint density at radius 3 is 2.27 bits per heavy atom. The summed E-state index contributed by atoms with van der Waals surface area (Å²) >= 11 is 3.50. The van der Waals surface area contributed by atoms with E-state index in [1.165, 1.54) is 4.31 Å². The monoisotopic (exact) mass is 643 g/mol. The maximum absolute atomic E-state index is 13.8. The summed E-state index contributed by atoms with van der Waals surface area (Å²) in [5, 5.41) is 2.97. The lowest BCUT2D eigenvalue weighted by molar-refractivity contribution is -0.141. The van der Waals surface area contributed by atoms with Gasteiger partial charge in [0.1, 0.15) is 11.8 Å². The van der Waals surface area contributed by atoms with E-state index in [-0.39, 0.29) is 37.7 Å². The number of hydrogen-bond donors (Lipinski definition) is 1. The lowest BCUT2D eigenvalue weighted by Crippen LogP contribution is -2.50. The van der Waals surface area contributed by atoms with Crippen molar-refractivity contribution >= 4 is 43.5 Å². The molecule has 0 aromatic heterocycles. The van der Waals surface area contributed by atoms with Gasteiger partial charge in [0.25, 0.3) is 0 Å². The Hall–Kier alpha value is -3.37. The molecule has 0 bridgehead atoms. The summed E-state index contributed by atoms with van der Waals surface area (Å²) in [6, 6.07) is 23.3. The van der Waals surface area contributed by atoms with Crippen LogP contribution >= 0.6 is 15.9 Å². The van der Waals surface area contributed by atoms with Crippen LogP contribution in [0.25, 0.3) is 0 Å². The standard InChI is InChI=1S/C31H38BrN3O5S/c1-4-19-33-31(37)29(22-24-10-6-5-7-11-24)34(23-25-12-8-13-26(32)21-25)30(36)14-9-20-35(41(3,38)39)27-15-17-28(40-2)18-16-27/h5-8,10-13,15-18,21,29H,4,9,14,19-20,22-23H2,1-3H3,(H,33,37)/t29-/m1/s1. The number of methoxy groups -OCH3 is 1. The molecule has 1 atom stereocenters. The molecule has 0 aliphatic rings. The van der Waals surface area contributed by atoms with Crippen LogP contribution in [0.2, 0.25) is 0 Å². The van der Waals surface area contributed by atoms with Gasteiger partial charge in [0.15, 0.2) is 0 Å². The minimum absolute atomic E-state index is 0.0719. The Kier molecular flexibility index (Phi) is 12.2. The second-order valence-electron chi connectivity index (χ2n) is 9.78. The predicted molar refractivity (Wildman–Crippen MR) is 166 cm³/mol. The first kappa shape index (κ1) is 32.1. The number of hydrogen-bond acceptors (Lipinski definition) is 5. The van der Waals surface area contributed by atoms with Crippen LogP contribution in [0.1, 0.15) is 37.3 Å². The van der Waals surface area contributed by atoms with Crippen LogP contribution in [-0.4, -0.2) is 57.6 Å². The van der Waals surface area contributed by atoms with Crippen molar-refractivity contribution < 1.29 is 22.7 Å². The van der Waals surface area contributed by atoms with Crippen LogP contribution in [0.4, 0.5) is 5.69 Å². The number of amides is 2. The van der Waals surface area contributed by atoms with Crippen molar-refractivity contribution in [3.05, 3.63) is 94.5 Å². The fourth-order valence-electron chi connectivity index (χ4n) is 4.50. The van der Waals surface area contributed by atoms with Gasteiger partial charge < -0.3 is 15.0 Å². The average Bonchev–Trinajstić information content (AvgIpc) is 2.95. The third kappa shape index (κ3) is 9.89. The topological polar surface area (TPSA) is 96.0 Å². The molecule has 0 spiro atoms. The minimum Gasteiger partial charge on any atom is -0.497 e. The molecule has 0 fully saturated rings. The molecule has 10 heteroatoms. The molecule has 0 saturated carbocycles. The van der Waals surface area contributed by atoms with Gasteiger partial charge in [0, 0.05) is 36.9 Å². The molecule has 0 saturated heterocycles. The minimum atomic E-state index is -3.59. The van der Waals surface area contributed by atoms with Gasteiger partial charge in [-0.25, -0.2) is 8.42 Å². The number of rotatable bonds is 15. The van der Waals surface area contributed by atoms with Gasteiger partial charge in [0.05, 0.1) is 19.1 Å². The van der Waals surface area contributed by atoms with E-state index < -0.39 is 16.1 Å². The summed E-state index contributed by atoms with van der Waals surface area (Å²) in [7, 11) is -2.05. The van der Waals surface area contributed by atoms with Crippen molar-refractivity contribution in [3.63, 3.8) is 0 Å². The fraction of sp³-hybridized carbons (Fsp3) is 0.355. The van der Waals surface area contributed by atoms with E-state index in [9.17, 15) is 18.0 Å². The zero-order valence-corrected chi connectivity index (χ0v) is 26.2. The first-order chi connectivity index (χ1) is 19.6. The third-order valence-corrected chi connectivity index (χ3v) is 8.26. The quantitative estimate of drug-likeness (QED) is 0.247. The molecule has 8 nitrogen and oxygen atoms in total. The molecule has 41 heavy (non-hydrogen) atoms. The van der Waals surface area contributed by atoms with E-state index in [0.29, 0.717) is 24.4 Å². The molecule has 220 valence electrons. The molecule has 3 aromatic carbocycles. The first-order valence-electron chi connectivity index (χ1n) is 13.6. The summed E-state index contributed by atoms with van der Waals surface area (Å²) < 4.78 is 32.6. The maximum atomic E-state index is 13.8. The van der Waals surface area contributed by atoms with E-state index in [2.05, 4.69) is 21.2 Å². The van der Waals surface area contributed by atoms with Gasteiger partial charge in [0.2, 0.25) is 21.8 Å². The number of carbonyl (C=O) groups excluding carboxylic acids is 2. The smallest absolute Gasteiger partial charge is 0.243 e. The van der Waals surface area contributed by atoms with Gasteiger partial charge >= 0.3 is 0 Å². The molecule has 0 aliphatic heterocycles. The second-order valence-corrected chi connectivity index (χ2v) is 12.6. The second kappa shape index (κ2) is 15.6. The highest BCUT2D eigenvalue weighted by Gasteiger charge is 2.30.